The fourth-order valence-corrected chi connectivity index (χ4v) is 2.34. The van der Waals surface area contributed by atoms with Crippen molar-refractivity contribution < 1.29 is 18.0 Å². The van der Waals surface area contributed by atoms with E-state index < -0.39 is 17.5 Å². The van der Waals surface area contributed by atoms with Gasteiger partial charge in [0.1, 0.15) is 17.5 Å². The van der Waals surface area contributed by atoms with Crippen LogP contribution in [0.25, 0.3) is 0 Å². The van der Waals surface area contributed by atoms with E-state index in [-0.39, 0.29) is 30.2 Å². The van der Waals surface area contributed by atoms with Gasteiger partial charge >= 0.3 is 0 Å². The Hall–Kier alpha value is -3.16. The molecule has 0 aliphatic rings. The number of hydrogen-bond donors (Lipinski definition) is 1. The Morgan fingerprint density at radius 2 is 1.85 bits per heavy atom. The zero-order valence-electron chi connectivity index (χ0n) is 13.8. The van der Waals surface area contributed by atoms with Crippen molar-refractivity contribution in [2.24, 2.45) is 0 Å². The average molecular weight is 360 g/mol. The maximum absolute atomic E-state index is 13.7. The third-order valence-corrected chi connectivity index (χ3v) is 3.84. The van der Waals surface area contributed by atoms with E-state index in [1.165, 1.54) is 23.0 Å². The summed E-state index contributed by atoms with van der Waals surface area (Å²) in [4.78, 5) is 12.1. The molecule has 0 bridgehead atoms. The Balaban J connectivity index is 1.65. The molecule has 5 nitrogen and oxygen atoms in total. The fourth-order valence-electron chi connectivity index (χ4n) is 2.34. The molecule has 0 saturated heterocycles. The third kappa shape index (κ3) is 3.90. The highest BCUT2D eigenvalue weighted by Gasteiger charge is 2.14. The van der Waals surface area contributed by atoms with Gasteiger partial charge in [-0.1, -0.05) is 23.4 Å². The van der Waals surface area contributed by atoms with Crippen molar-refractivity contribution in [3.8, 4) is 0 Å². The molecule has 1 heterocycles. The van der Waals surface area contributed by atoms with Crippen LogP contribution in [0.2, 0.25) is 0 Å². The lowest BCUT2D eigenvalue weighted by Crippen LogP contribution is -2.23. The van der Waals surface area contributed by atoms with E-state index in [0.717, 1.165) is 12.1 Å². The van der Waals surface area contributed by atoms with Gasteiger partial charge in [0.2, 0.25) is 0 Å². The molecule has 0 saturated carbocycles. The molecule has 8 heteroatoms. The average Bonchev–Trinajstić information content (AvgIpc) is 3.08. The van der Waals surface area contributed by atoms with Gasteiger partial charge in [-0.2, -0.15) is 0 Å². The first kappa shape index (κ1) is 17.7. The van der Waals surface area contributed by atoms with Crippen molar-refractivity contribution in [2.45, 2.75) is 20.0 Å². The standard InChI is InChI=1S/C18H15F3N4O/c1-11-5-6-12(7-16(11)21)8-22-18(26)17-10-25(24-23-17)9-13-14(19)3-2-4-15(13)20/h2-7,10H,8-9H2,1H3,(H,22,26). The number of aryl methyl sites for hydroxylation is 1. The first-order chi connectivity index (χ1) is 12.4. The molecule has 1 amide bonds. The van der Waals surface area contributed by atoms with Crippen molar-refractivity contribution >= 4 is 5.91 Å². The second-order valence-corrected chi connectivity index (χ2v) is 5.77. The summed E-state index contributed by atoms with van der Waals surface area (Å²) >= 11 is 0. The smallest absolute Gasteiger partial charge is 0.273 e. The minimum Gasteiger partial charge on any atom is -0.347 e. The predicted octanol–water partition coefficient (Wildman–Crippen LogP) is 2.98. The molecule has 134 valence electrons. The number of carbonyl (C=O) groups is 1. The molecular weight excluding hydrogens is 345 g/mol. The zero-order valence-corrected chi connectivity index (χ0v) is 13.8. The Morgan fingerprint density at radius 1 is 1.12 bits per heavy atom. The van der Waals surface area contributed by atoms with E-state index in [2.05, 4.69) is 15.6 Å². The van der Waals surface area contributed by atoms with Crippen LogP contribution in [0.5, 0.6) is 0 Å². The monoisotopic (exact) mass is 360 g/mol. The molecule has 0 radical (unpaired) electrons. The summed E-state index contributed by atoms with van der Waals surface area (Å²) in [6, 6.07) is 8.22. The Bertz CT molecular complexity index is 935. The van der Waals surface area contributed by atoms with E-state index in [0.29, 0.717) is 11.1 Å². The first-order valence-corrected chi connectivity index (χ1v) is 7.80. The number of halogens is 3. The SMILES string of the molecule is Cc1ccc(CNC(=O)c2cn(Cc3c(F)cccc3F)nn2)cc1F. The number of aromatic nitrogens is 3. The molecule has 0 unspecified atom stereocenters. The van der Waals surface area contributed by atoms with Crippen LogP contribution in [-0.4, -0.2) is 20.9 Å². The Kier molecular flexibility index (Phi) is 5.01. The van der Waals surface area contributed by atoms with Crippen LogP contribution in [-0.2, 0) is 13.1 Å². The number of nitrogens with one attached hydrogen (secondary N) is 1. The molecule has 0 fully saturated rings. The van der Waals surface area contributed by atoms with Crippen LogP contribution < -0.4 is 5.32 Å². The fraction of sp³-hybridized carbons (Fsp3) is 0.167. The molecule has 2 aromatic carbocycles. The van der Waals surface area contributed by atoms with E-state index in [1.807, 2.05) is 0 Å². The van der Waals surface area contributed by atoms with E-state index in [9.17, 15) is 18.0 Å². The highest BCUT2D eigenvalue weighted by atomic mass is 19.1. The van der Waals surface area contributed by atoms with Gasteiger partial charge in [-0.15, -0.1) is 5.10 Å². The van der Waals surface area contributed by atoms with Gasteiger partial charge < -0.3 is 5.32 Å². The number of hydrogen-bond acceptors (Lipinski definition) is 3. The predicted molar refractivity (Wildman–Crippen MR) is 87.8 cm³/mol. The number of nitrogens with zero attached hydrogens (tertiary/aromatic N) is 3. The molecule has 0 aliphatic carbocycles. The number of carbonyl (C=O) groups excluding carboxylic acids is 1. The van der Waals surface area contributed by atoms with Crippen LogP contribution in [0.3, 0.4) is 0 Å². The van der Waals surface area contributed by atoms with Crippen molar-refractivity contribution in [1.82, 2.24) is 20.3 Å². The quantitative estimate of drug-likeness (QED) is 0.761. The van der Waals surface area contributed by atoms with Crippen molar-refractivity contribution in [3.63, 3.8) is 0 Å². The largest absolute Gasteiger partial charge is 0.347 e. The molecule has 3 rings (SSSR count). The maximum atomic E-state index is 13.7. The summed E-state index contributed by atoms with van der Waals surface area (Å²) in [5.41, 5.74) is 0.944. The molecule has 1 N–H and O–H groups in total. The van der Waals surface area contributed by atoms with Gasteiger partial charge in [-0.05, 0) is 36.2 Å². The Labute approximate surface area is 147 Å². The molecule has 0 aliphatic heterocycles. The summed E-state index contributed by atoms with van der Waals surface area (Å²) in [5, 5.41) is 10.00. The van der Waals surface area contributed by atoms with Gasteiger partial charge in [0.15, 0.2) is 5.69 Å². The summed E-state index contributed by atoms with van der Waals surface area (Å²) in [6.07, 6.45) is 1.29. The third-order valence-electron chi connectivity index (χ3n) is 3.84. The summed E-state index contributed by atoms with van der Waals surface area (Å²) in [7, 11) is 0. The lowest BCUT2D eigenvalue weighted by Gasteiger charge is -2.05. The summed E-state index contributed by atoms with van der Waals surface area (Å²) in [6.45, 7) is 1.57. The van der Waals surface area contributed by atoms with Crippen LogP contribution >= 0.6 is 0 Å². The lowest BCUT2D eigenvalue weighted by atomic mass is 10.1. The minimum atomic E-state index is -0.701. The molecule has 0 atom stereocenters. The van der Waals surface area contributed by atoms with E-state index in [4.69, 9.17) is 0 Å². The first-order valence-electron chi connectivity index (χ1n) is 7.80. The van der Waals surface area contributed by atoms with Gasteiger partial charge in [0.25, 0.3) is 5.91 Å². The van der Waals surface area contributed by atoms with Crippen LogP contribution in [0.15, 0.2) is 42.6 Å². The summed E-state index contributed by atoms with van der Waals surface area (Å²) in [5.74, 6) is -2.28. The number of amides is 1. The highest BCUT2D eigenvalue weighted by Crippen LogP contribution is 2.13. The van der Waals surface area contributed by atoms with Crippen molar-refractivity contribution in [2.75, 3.05) is 0 Å². The molecule has 3 aromatic rings. The highest BCUT2D eigenvalue weighted by molar-refractivity contribution is 5.91. The van der Waals surface area contributed by atoms with Crippen LogP contribution in [0.1, 0.15) is 27.2 Å². The van der Waals surface area contributed by atoms with Crippen molar-refractivity contribution in [3.05, 3.63) is 82.4 Å². The normalized spacial score (nSPS) is 10.8. The molecule has 1 aromatic heterocycles. The minimum absolute atomic E-state index is 0.00525. The lowest BCUT2D eigenvalue weighted by molar-refractivity contribution is 0.0945. The van der Waals surface area contributed by atoms with E-state index >= 15 is 0 Å². The Morgan fingerprint density at radius 3 is 2.54 bits per heavy atom. The number of rotatable bonds is 5. The van der Waals surface area contributed by atoms with Gasteiger partial charge in [0.05, 0.1) is 12.7 Å². The zero-order chi connectivity index (χ0) is 18.7. The van der Waals surface area contributed by atoms with Crippen LogP contribution in [0, 0.1) is 24.4 Å². The number of benzene rings is 2. The molecule has 0 spiro atoms. The van der Waals surface area contributed by atoms with Crippen molar-refractivity contribution in [1.29, 1.82) is 0 Å². The second-order valence-electron chi connectivity index (χ2n) is 5.77. The van der Waals surface area contributed by atoms with E-state index in [1.54, 1.807) is 19.1 Å². The van der Waals surface area contributed by atoms with Gasteiger partial charge in [-0.25, -0.2) is 17.9 Å². The summed E-state index contributed by atoms with van der Waals surface area (Å²) < 4.78 is 42.0. The second kappa shape index (κ2) is 7.38. The van der Waals surface area contributed by atoms with Crippen LogP contribution in [0.4, 0.5) is 13.2 Å². The molecule has 26 heavy (non-hydrogen) atoms. The van der Waals surface area contributed by atoms with Gasteiger partial charge in [0, 0.05) is 12.1 Å². The molecular formula is C18H15F3N4O. The van der Waals surface area contributed by atoms with Gasteiger partial charge in [-0.3, -0.25) is 4.79 Å². The topological polar surface area (TPSA) is 59.8 Å². The maximum Gasteiger partial charge on any atom is 0.273 e.